The molecule has 0 aliphatic carbocycles. The van der Waals surface area contributed by atoms with Crippen molar-refractivity contribution in [2.45, 2.75) is 96.9 Å². The predicted octanol–water partition coefficient (Wildman–Crippen LogP) is 4.81. The van der Waals surface area contributed by atoms with Crippen LogP contribution >= 0.6 is 0 Å². The average Bonchev–Trinajstić information content (AvgIpc) is 3.46. The van der Waals surface area contributed by atoms with Gasteiger partial charge in [0, 0.05) is 5.71 Å². The van der Waals surface area contributed by atoms with Crippen LogP contribution in [0.15, 0.2) is 29.3 Å². The van der Waals surface area contributed by atoms with Gasteiger partial charge >= 0.3 is 0 Å². The molecule has 1 aliphatic rings. The molecule has 1 rings (SSSR count). The SMILES string of the molecule is CC(O)C(CC=CCCCCCC1=NC1)OC(C)C(C)CC=CCCCN. The number of nitrogens with zero attached hydrogens (tertiary/aromatic N) is 1. The molecular formula is C23H42N2O2. The van der Waals surface area contributed by atoms with Crippen molar-refractivity contribution in [3.63, 3.8) is 0 Å². The third kappa shape index (κ3) is 12.9. The molecule has 0 saturated heterocycles. The number of aliphatic imine (C=N–C) groups is 1. The van der Waals surface area contributed by atoms with Gasteiger partial charge < -0.3 is 15.6 Å². The van der Waals surface area contributed by atoms with Crippen LogP contribution < -0.4 is 5.73 Å². The quantitative estimate of drug-likeness (QED) is 0.282. The standard InChI is InChI=1S/C23H42N2O2/c1-19(14-10-8-9-13-17-24)21(3)27-23(20(2)26)16-12-7-5-4-6-11-15-22-18-25-22/h7-8,10,12,19-21,23,26H,4-6,9,11,13-18,24H2,1-3H3. The molecule has 0 fully saturated rings. The Kier molecular flexibility index (Phi) is 13.4. The highest BCUT2D eigenvalue weighted by molar-refractivity contribution is 5.96. The minimum Gasteiger partial charge on any atom is -0.391 e. The average molecular weight is 379 g/mol. The molecule has 0 amide bonds. The molecule has 27 heavy (non-hydrogen) atoms. The van der Waals surface area contributed by atoms with Crippen molar-refractivity contribution in [1.82, 2.24) is 0 Å². The minimum atomic E-state index is -0.455. The highest BCUT2D eigenvalue weighted by atomic mass is 16.5. The van der Waals surface area contributed by atoms with Crippen LogP contribution in [0.5, 0.6) is 0 Å². The molecule has 4 unspecified atom stereocenters. The van der Waals surface area contributed by atoms with E-state index < -0.39 is 6.10 Å². The zero-order valence-corrected chi connectivity index (χ0v) is 17.8. The summed E-state index contributed by atoms with van der Waals surface area (Å²) in [6.07, 6.45) is 18.3. The van der Waals surface area contributed by atoms with Gasteiger partial charge in [-0.05, 0) is 77.7 Å². The van der Waals surface area contributed by atoms with Crippen LogP contribution in [0, 0.1) is 5.92 Å². The number of unbranched alkanes of at least 4 members (excludes halogenated alkanes) is 4. The van der Waals surface area contributed by atoms with Crippen molar-refractivity contribution >= 4 is 5.71 Å². The highest BCUT2D eigenvalue weighted by Crippen LogP contribution is 2.18. The van der Waals surface area contributed by atoms with Crippen molar-refractivity contribution in [3.8, 4) is 0 Å². The first-order valence-electron chi connectivity index (χ1n) is 10.9. The first kappa shape index (κ1) is 24.1. The minimum absolute atomic E-state index is 0.127. The summed E-state index contributed by atoms with van der Waals surface area (Å²) in [4.78, 5) is 4.21. The van der Waals surface area contributed by atoms with Crippen molar-refractivity contribution in [2.24, 2.45) is 16.6 Å². The smallest absolute Gasteiger partial charge is 0.0869 e. The fourth-order valence-corrected chi connectivity index (χ4v) is 2.96. The van der Waals surface area contributed by atoms with E-state index in [0.717, 1.165) is 45.2 Å². The van der Waals surface area contributed by atoms with E-state index in [4.69, 9.17) is 10.5 Å². The Balaban J connectivity index is 2.19. The van der Waals surface area contributed by atoms with Crippen LogP contribution in [0.4, 0.5) is 0 Å². The molecule has 3 N–H and O–H groups in total. The molecule has 0 radical (unpaired) electrons. The van der Waals surface area contributed by atoms with E-state index in [1.807, 2.05) is 6.92 Å². The topological polar surface area (TPSA) is 67.8 Å². The lowest BCUT2D eigenvalue weighted by Crippen LogP contribution is -2.32. The van der Waals surface area contributed by atoms with Crippen molar-refractivity contribution < 1.29 is 9.84 Å². The molecule has 4 nitrogen and oxygen atoms in total. The molecule has 1 heterocycles. The van der Waals surface area contributed by atoms with Gasteiger partial charge in [-0.2, -0.15) is 0 Å². The number of hydrogen-bond acceptors (Lipinski definition) is 4. The Hall–Kier alpha value is -0.970. The number of rotatable bonds is 17. The van der Waals surface area contributed by atoms with E-state index >= 15 is 0 Å². The summed E-state index contributed by atoms with van der Waals surface area (Å²) in [5.41, 5.74) is 6.91. The first-order valence-corrected chi connectivity index (χ1v) is 10.9. The number of hydrogen-bond donors (Lipinski definition) is 2. The lowest BCUT2D eigenvalue weighted by atomic mass is 10.0. The van der Waals surface area contributed by atoms with Gasteiger partial charge in [-0.25, -0.2) is 0 Å². The van der Waals surface area contributed by atoms with Gasteiger partial charge in [-0.3, -0.25) is 4.99 Å². The summed E-state index contributed by atoms with van der Waals surface area (Å²) in [6, 6.07) is 0. The Morgan fingerprint density at radius 3 is 2.30 bits per heavy atom. The maximum absolute atomic E-state index is 10.1. The zero-order valence-electron chi connectivity index (χ0n) is 17.8. The lowest BCUT2D eigenvalue weighted by Gasteiger charge is -2.27. The van der Waals surface area contributed by atoms with Crippen LogP contribution in [-0.2, 0) is 4.74 Å². The van der Waals surface area contributed by atoms with Gasteiger partial charge in [0.25, 0.3) is 0 Å². The predicted molar refractivity (Wildman–Crippen MR) is 116 cm³/mol. The first-order chi connectivity index (χ1) is 13.0. The second kappa shape index (κ2) is 15.0. The number of aliphatic hydroxyl groups is 1. The van der Waals surface area contributed by atoms with Crippen LogP contribution in [0.2, 0.25) is 0 Å². The molecule has 156 valence electrons. The van der Waals surface area contributed by atoms with Crippen LogP contribution in [-0.4, -0.2) is 42.2 Å². The van der Waals surface area contributed by atoms with Crippen molar-refractivity contribution in [2.75, 3.05) is 13.1 Å². The molecule has 0 saturated carbocycles. The molecule has 0 bridgehead atoms. The van der Waals surface area contributed by atoms with E-state index in [9.17, 15) is 5.11 Å². The van der Waals surface area contributed by atoms with Gasteiger partial charge in [-0.15, -0.1) is 0 Å². The van der Waals surface area contributed by atoms with Crippen molar-refractivity contribution in [1.29, 1.82) is 0 Å². The lowest BCUT2D eigenvalue weighted by molar-refractivity contribution is -0.0790. The fraction of sp³-hybridized carbons (Fsp3) is 0.783. The van der Waals surface area contributed by atoms with Crippen LogP contribution in [0.1, 0.15) is 78.6 Å². The van der Waals surface area contributed by atoms with E-state index in [0.29, 0.717) is 5.92 Å². The van der Waals surface area contributed by atoms with E-state index in [1.165, 1.54) is 31.4 Å². The molecular weight excluding hydrogens is 336 g/mol. The molecule has 0 aromatic heterocycles. The summed E-state index contributed by atoms with van der Waals surface area (Å²) in [5.74, 6) is 0.431. The van der Waals surface area contributed by atoms with E-state index in [1.54, 1.807) is 0 Å². The maximum Gasteiger partial charge on any atom is 0.0869 e. The number of ether oxygens (including phenoxy) is 1. The monoisotopic (exact) mass is 378 g/mol. The number of allylic oxidation sites excluding steroid dienone is 3. The van der Waals surface area contributed by atoms with E-state index in [-0.39, 0.29) is 12.2 Å². The summed E-state index contributed by atoms with van der Waals surface area (Å²) < 4.78 is 6.16. The zero-order chi connectivity index (χ0) is 19.9. The molecule has 4 atom stereocenters. The number of nitrogens with two attached hydrogens (primary N) is 1. The Labute approximate surface area is 167 Å². The summed E-state index contributed by atoms with van der Waals surface area (Å²) in [7, 11) is 0. The summed E-state index contributed by atoms with van der Waals surface area (Å²) in [5, 5.41) is 10.1. The van der Waals surface area contributed by atoms with Gasteiger partial charge in [-0.1, -0.05) is 37.6 Å². The number of aliphatic hydroxyl groups excluding tert-OH is 1. The van der Waals surface area contributed by atoms with E-state index in [2.05, 4.69) is 43.1 Å². The van der Waals surface area contributed by atoms with Crippen LogP contribution in [0.3, 0.4) is 0 Å². The Morgan fingerprint density at radius 1 is 1.00 bits per heavy atom. The summed E-state index contributed by atoms with van der Waals surface area (Å²) >= 11 is 0. The van der Waals surface area contributed by atoms with Gasteiger partial charge in [0.2, 0.25) is 0 Å². The summed E-state index contributed by atoms with van der Waals surface area (Å²) in [6.45, 7) is 7.91. The fourth-order valence-electron chi connectivity index (χ4n) is 2.96. The van der Waals surface area contributed by atoms with Gasteiger partial charge in [0.1, 0.15) is 0 Å². The normalized spacial score (nSPS) is 18.6. The maximum atomic E-state index is 10.1. The highest BCUT2D eigenvalue weighted by Gasteiger charge is 2.20. The largest absolute Gasteiger partial charge is 0.391 e. The molecule has 0 aromatic rings. The second-order valence-corrected chi connectivity index (χ2v) is 7.92. The third-order valence-corrected chi connectivity index (χ3v) is 5.23. The van der Waals surface area contributed by atoms with Gasteiger partial charge in [0.05, 0.1) is 24.9 Å². The van der Waals surface area contributed by atoms with Crippen molar-refractivity contribution in [3.05, 3.63) is 24.3 Å². The van der Waals surface area contributed by atoms with Gasteiger partial charge in [0.15, 0.2) is 0 Å². The Bertz CT molecular complexity index is 457. The molecule has 1 aliphatic heterocycles. The molecule has 0 spiro atoms. The van der Waals surface area contributed by atoms with Crippen LogP contribution in [0.25, 0.3) is 0 Å². The Morgan fingerprint density at radius 2 is 1.67 bits per heavy atom. The molecule has 4 heteroatoms. The third-order valence-electron chi connectivity index (χ3n) is 5.23. The molecule has 0 aromatic carbocycles. The second-order valence-electron chi connectivity index (χ2n) is 7.92.